The SMILES string of the molecule is NC1C([N+](=O)[O-])=CNc2ccccc21. The van der Waals surface area contributed by atoms with Gasteiger partial charge in [0.1, 0.15) is 6.04 Å². The van der Waals surface area contributed by atoms with Gasteiger partial charge in [0, 0.05) is 11.3 Å². The minimum absolute atomic E-state index is 0.0105. The van der Waals surface area contributed by atoms with Gasteiger partial charge in [-0.05, 0) is 6.07 Å². The van der Waals surface area contributed by atoms with Crippen LogP contribution >= 0.6 is 0 Å². The van der Waals surface area contributed by atoms with Crippen molar-refractivity contribution in [1.82, 2.24) is 0 Å². The molecule has 1 unspecified atom stereocenters. The number of nitrogens with two attached hydrogens (primary N) is 1. The maximum Gasteiger partial charge on any atom is 0.283 e. The number of nitrogens with zero attached hydrogens (tertiary/aromatic N) is 1. The molecule has 2 rings (SSSR count). The molecule has 0 radical (unpaired) electrons. The summed E-state index contributed by atoms with van der Waals surface area (Å²) in [7, 11) is 0. The van der Waals surface area contributed by atoms with E-state index >= 15 is 0 Å². The molecule has 0 bridgehead atoms. The summed E-state index contributed by atoms with van der Waals surface area (Å²) in [6.07, 6.45) is 1.34. The first-order valence-electron chi connectivity index (χ1n) is 4.15. The van der Waals surface area contributed by atoms with Crippen molar-refractivity contribution in [1.29, 1.82) is 0 Å². The average Bonchev–Trinajstić information content (AvgIpc) is 2.18. The van der Waals surface area contributed by atoms with Crippen molar-refractivity contribution in [3.63, 3.8) is 0 Å². The smallest absolute Gasteiger partial charge is 0.283 e. The molecule has 1 aromatic carbocycles. The third kappa shape index (κ3) is 1.23. The van der Waals surface area contributed by atoms with Crippen LogP contribution in [-0.2, 0) is 0 Å². The van der Waals surface area contributed by atoms with Crippen LogP contribution in [0.4, 0.5) is 5.69 Å². The zero-order chi connectivity index (χ0) is 10.1. The molecular weight excluding hydrogens is 182 g/mol. The van der Waals surface area contributed by atoms with E-state index in [1.165, 1.54) is 6.20 Å². The van der Waals surface area contributed by atoms with E-state index in [4.69, 9.17) is 5.73 Å². The molecule has 1 heterocycles. The van der Waals surface area contributed by atoms with Crippen molar-refractivity contribution < 1.29 is 4.92 Å². The van der Waals surface area contributed by atoms with Crippen LogP contribution in [0.2, 0.25) is 0 Å². The van der Waals surface area contributed by atoms with Gasteiger partial charge in [-0.3, -0.25) is 10.1 Å². The summed E-state index contributed by atoms with van der Waals surface area (Å²) >= 11 is 0. The third-order valence-electron chi connectivity index (χ3n) is 2.20. The maximum atomic E-state index is 10.6. The Hall–Kier alpha value is -1.88. The van der Waals surface area contributed by atoms with Crippen LogP contribution in [0.1, 0.15) is 11.6 Å². The molecule has 0 saturated heterocycles. The number of hydrogen-bond acceptors (Lipinski definition) is 4. The van der Waals surface area contributed by atoms with Gasteiger partial charge in [-0.25, -0.2) is 0 Å². The summed E-state index contributed by atoms with van der Waals surface area (Å²) in [5.41, 5.74) is 7.31. The fraction of sp³-hybridized carbons (Fsp3) is 0.111. The molecule has 1 atom stereocenters. The summed E-state index contributed by atoms with van der Waals surface area (Å²) in [5, 5.41) is 13.4. The molecule has 14 heavy (non-hydrogen) atoms. The highest BCUT2D eigenvalue weighted by atomic mass is 16.6. The Morgan fingerprint density at radius 2 is 2.14 bits per heavy atom. The molecule has 0 amide bonds. The largest absolute Gasteiger partial charge is 0.356 e. The fourth-order valence-electron chi connectivity index (χ4n) is 1.47. The molecule has 72 valence electrons. The number of benzene rings is 1. The number of hydrogen-bond donors (Lipinski definition) is 2. The standard InChI is InChI=1S/C9H9N3O2/c10-9-6-3-1-2-4-7(6)11-5-8(9)12(13)14/h1-5,9,11H,10H2. The van der Waals surface area contributed by atoms with Gasteiger partial charge in [0.15, 0.2) is 0 Å². The minimum atomic E-state index is -0.651. The molecule has 0 aromatic heterocycles. The molecular formula is C9H9N3O2. The molecule has 0 aliphatic carbocycles. The second kappa shape index (κ2) is 3.12. The minimum Gasteiger partial charge on any atom is -0.356 e. The molecule has 0 spiro atoms. The Kier molecular flexibility index (Phi) is 1.94. The van der Waals surface area contributed by atoms with E-state index in [1.54, 1.807) is 6.07 Å². The van der Waals surface area contributed by atoms with E-state index in [0.29, 0.717) is 0 Å². The van der Waals surface area contributed by atoms with Crippen LogP contribution in [0.3, 0.4) is 0 Å². The van der Waals surface area contributed by atoms with Crippen molar-refractivity contribution in [3.05, 3.63) is 51.8 Å². The topological polar surface area (TPSA) is 81.2 Å². The van der Waals surface area contributed by atoms with Gasteiger partial charge in [-0.1, -0.05) is 18.2 Å². The summed E-state index contributed by atoms with van der Waals surface area (Å²) in [6, 6.07) is 6.63. The lowest BCUT2D eigenvalue weighted by Crippen LogP contribution is -2.23. The van der Waals surface area contributed by atoms with E-state index in [2.05, 4.69) is 5.32 Å². The quantitative estimate of drug-likeness (QED) is 0.516. The number of nitrogens with one attached hydrogen (secondary N) is 1. The summed E-state index contributed by atoms with van der Waals surface area (Å²) in [5.74, 6) is 0. The highest BCUT2D eigenvalue weighted by molar-refractivity contribution is 5.58. The Balaban J connectivity index is 2.44. The average molecular weight is 191 g/mol. The van der Waals surface area contributed by atoms with Crippen LogP contribution < -0.4 is 11.1 Å². The van der Waals surface area contributed by atoms with Gasteiger partial charge in [0.05, 0.1) is 11.1 Å². The lowest BCUT2D eigenvalue weighted by atomic mass is 10.0. The van der Waals surface area contributed by atoms with Gasteiger partial charge < -0.3 is 11.1 Å². The molecule has 0 saturated carbocycles. The van der Waals surface area contributed by atoms with Crippen LogP contribution in [0.5, 0.6) is 0 Å². The normalized spacial score (nSPS) is 19.2. The van der Waals surface area contributed by atoms with Gasteiger partial charge in [-0.15, -0.1) is 0 Å². The second-order valence-electron chi connectivity index (χ2n) is 3.04. The maximum absolute atomic E-state index is 10.6. The lowest BCUT2D eigenvalue weighted by molar-refractivity contribution is -0.430. The zero-order valence-corrected chi connectivity index (χ0v) is 7.31. The van der Waals surface area contributed by atoms with Crippen molar-refractivity contribution in [2.75, 3.05) is 5.32 Å². The van der Waals surface area contributed by atoms with Gasteiger partial charge in [0.2, 0.25) is 0 Å². The number of anilines is 1. The predicted octanol–water partition coefficient (Wildman–Crippen LogP) is 1.23. The van der Waals surface area contributed by atoms with E-state index in [0.717, 1.165) is 11.3 Å². The van der Waals surface area contributed by atoms with Crippen LogP contribution in [0.15, 0.2) is 36.2 Å². The van der Waals surface area contributed by atoms with Crippen LogP contribution in [0.25, 0.3) is 0 Å². The van der Waals surface area contributed by atoms with Crippen molar-refractivity contribution in [2.24, 2.45) is 5.73 Å². The van der Waals surface area contributed by atoms with Crippen LogP contribution in [0, 0.1) is 10.1 Å². The highest BCUT2D eigenvalue weighted by Crippen LogP contribution is 2.30. The zero-order valence-electron chi connectivity index (χ0n) is 7.31. The van der Waals surface area contributed by atoms with Gasteiger partial charge in [-0.2, -0.15) is 0 Å². The molecule has 1 aliphatic heterocycles. The van der Waals surface area contributed by atoms with E-state index in [-0.39, 0.29) is 5.70 Å². The summed E-state index contributed by atoms with van der Waals surface area (Å²) < 4.78 is 0. The second-order valence-corrected chi connectivity index (χ2v) is 3.04. The Morgan fingerprint density at radius 3 is 2.86 bits per heavy atom. The number of rotatable bonds is 1. The molecule has 1 aliphatic rings. The number of para-hydroxylation sites is 1. The molecule has 5 nitrogen and oxygen atoms in total. The summed E-state index contributed by atoms with van der Waals surface area (Å²) in [4.78, 5) is 10.1. The Morgan fingerprint density at radius 1 is 1.43 bits per heavy atom. The molecule has 3 N–H and O–H groups in total. The summed E-state index contributed by atoms with van der Waals surface area (Å²) in [6.45, 7) is 0. The van der Waals surface area contributed by atoms with Crippen LogP contribution in [-0.4, -0.2) is 4.92 Å². The number of nitro groups is 1. The molecule has 0 fully saturated rings. The highest BCUT2D eigenvalue weighted by Gasteiger charge is 2.27. The first kappa shape index (κ1) is 8.71. The van der Waals surface area contributed by atoms with Crippen molar-refractivity contribution in [2.45, 2.75) is 6.04 Å². The third-order valence-corrected chi connectivity index (χ3v) is 2.20. The van der Waals surface area contributed by atoms with E-state index in [1.807, 2.05) is 18.2 Å². The predicted molar refractivity (Wildman–Crippen MR) is 52.1 cm³/mol. The van der Waals surface area contributed by atoms with Crippen molar-refractivity contribution in [3.8, 4) is 0 Å². The number of fused-ring (bicyclic) bond motifs is 1. The first-order valence-corrected chi connectivity index (χ1v) is 4.15. The molecule has 1 aromatic rings. The lowest BCUT2D eigenvalue weighted by Gasteiger charge is -2.18. The van der Waals surface area contributed by atoms with Gasteiger partial charge >= 0.3 is 0 Å². The van der Waals surface area contributed by atoms with E-state index < -0.39 is 11.0 Å². The first-order chi connectivity index (χ1) is 6.70. The fourth-order valence-corrected chi connectivity index (χ4v) is 1.47. The Bertz CT molecular complexity index is 414. The van der Waals surface area contributed by atoms with Gasteiger partial charge in [0.25, 0.3) is 5.70 Å². The molecule has 5 heteroatoms. The Labute approximate surface area is 80.4 Å². The van der Waals surface area contributed by atoms with Crippen molar-refractivity contribution >= 4 is 5.69 Å². The monoisotopic (exact) mass is 191 g/mol. The van der Waals surface area contributed by atoms with E-state index in [9.17, 15) is 10.1 Å².